The molecule has 0 bridgehead atoms. The molecular weight excluding hydrogens is 312 g/mol. The summed E-state index contributed by atoms with van der Waals surface area (Å²) in [5.74, 6) is 0.659. The standard InChI is InChI=1S/C17H26N2O3S/c1-13-10-16(17(20)11-18-7-4-3-5-8-18)14(2)19(13)15-6-9-23(21,22)12-15/h10,15H,3-9,11-12H2,1-2H3/p+1/t15-/m0/s1. The van der Waals surface area contributed by atoms with Gasteiger partial charge < -0.3 is 9.47 Å². The molecule has 2 aliphatic heterocycles. The van der Waals surface area contributed by atoms with E-state index >= 15 is 0 Å². The van der Waals surface area contributed by atoms with E-state index in [0.717, 1.165) is 30.0 Å². The number of nitrogens with zero attached hydrogens (tertiary/aromatic N) is 1. The zero-order valence-corrected chi connectivity index (χ0v) is 14.9. The van der Waals surface area contributed by atoms with Crippen LogP contribution < -0.4 is 4.90 Å². The molecule has 23 heavy (non-hydrogen) atoms. The molecule has 0 radical (unpaired) electrons. The van der Waals surface area contributed by atoms with E-state index in [1.807, 2.05) is 19.9 Å². The van der Waals surface area contributed by atoms with E-state index in [0.29, 0.717) is 13.0 Å². The van der Waals surface area contributed by atoms with E-state index in [4.69, 9.17) is 0 Å². The van der Waals surface area contributed by atoms with Crippen LogP contribution in [0.1, 0.15) is 53.5 Å². The molecule has 6 heteroatoms. The highest BCUT2D eigenvalue weighted by atomic mass is 32.2. The summed E-state index contributed by atoms with van der Waals surface area (Å²) in [6.07, 6.45) is 4.36. The SMILES string of the molecule is Cc1cc(C(=O)C[NH+]2CCCCC2)c(C)n1[C@H]1CCS(=O)(=O)C1. The van der Waals surface area contributed by atoms with Gasteiger partial charge in [-0.25, -0.2) is 8.42 Å². The highest BCUT2D eigenvalue weighted by Gasteiger charge is 2.32. The van der Waals surface area contributed by atoms with Gasteiger partial charge in [0, 0.05) is 23.0 Å². The molecule has 2 saturated heterocycles. The third-order valence-electron chi connectivity index (χ3n) is 5.33. The molecule has 0 aliphatic carbocycles. The van der Waals surface area contributed by atoms with Crippen molar-refractivity contribution in [2.75, 3.05) is 31.1 Å². The Kier molecular flexibility index (Phi) is 4.65. The van der Waals surface area contributed by atoms with E-state index in [1.165, 1.54) is 24.2 Å². The van der Waals surface area contributed by atoms with Crippen molar-refractivity contribution in [3.05, 3.63) is 23.0 Å². The van der Waals surface area contributed by atoms with Gasteiger partial charge in [-0.2, -0.15) is 0 Å². The number of carbonyl (C=O) groups excluding carboxylic acids is 1. The molecule has 1 aromatic heterocycles. The summed E-state index contributed by atoms with van der Waals surface area (Å²) in [7, 11) is -2.92. The van der Waals surface area contributed by atoms with Gasteiger partial charge in [0.05, 0.1) is 24.6 Å². The van der Waals surface area contributed by atoms with Gasteiger partial charge in [-0.05, 0) is 45.6 Å². The van der Waals surface area contributed by atoms with Crippen molar-refractivity contribution >= 4 is 15.6 Å². The van der Waals surface area contributed by atoms with Gasteiger partial charge in [-0.15, -0.1) is 0 Å². The summed E-state index contributed by atoms with van der Waals surface area (Å²) in [5.41, 5.74) is 2.72. The van der Waals surface area contributed by atoms with Crippen LogP contribution in [0.5, 0.6) is 0 Å². The van der Waals surface area contributed by atoms with Gasteiger partial charge in [0.1, 0.15) is 6.54 Å². The highest BCUT2D eigenvalue weighted by molar-refractivity contribution is 7.91. The molecule has 3 heterocycles. The summed E-state index contributed by atoms with van der Waals surface area (Å²) < 4.78 is 25.6. The van der Waals surface area contributed by atoms with Crippen LogP contribution in [-0.2, 0) is 9.84 Å². The van der Waals surface area contributed by atoms with Crippen LogP contribution in [0.4, 0.5) is 0 Å². The van der Waals surface area contributed by atoms with Gasteiger partial charge in [-0.1, -0.05) is 0 Å². The molecule has 5 nitrogen and oxygen atoms in total. The van der Waals surface area contributed by atoms with E-state index in [9.17, 15) is 13.2 Å². The lowest BCUT2D eigenvalue weighted by molar-refractivity contribution is -0.896. The van der Waals surface area contributed by atoms with Gasteiger partial charge in [0.2, 0.25) is 5.78 Å². The average Bonchev–Trinajstić information content (AvgIpc) is 2.99. The number of hydrogen-bond acceptors (Lipinski definition) is 3. The number of quaternary nitrogens is 1. The predicted molar refractivity (Wildman–Crippen MR) is 90.0 cm³/mol. The maximum Gasteiger partial charge on any atom is 0.218 e. The number of rotatable bonds is 4. The van der Waals surface area contributed by atoms with E-state index in [1.54, 1.807) is 0 Å². The van der Waals surface area contributed by atoms with Crippen molar-refractivity contribution in [2.24, 2.45) is 0 Å². The first-order valence-electron chi connectivity index (χ1n) is 8.63. The summed E-state index contributed by atoms with van der Waals surface area (Å²) in [5, 5.41) is 0. The van der Waals surface area contributed by atoms with Crippen LogP contribution in [-0.4, -0.2) is 49.9 Å². The van der Waals surface area contributed by atoms with Crippen LogP contribution in [0.3, 0.4) is 0 Å². The molecule has 0 unspecified atom stereocenters. The topological polar surface area (TPSA) is 60.6 Å². The van der Waals surface area contributed by atoms with Crippen molar-refractivity contribution in [3.8, 4) is 0 Å². The largest absolute Gasteiger partial charge is 0.344 e. The number of carbonyl (C=O) groups is 1. The second kappa shape index (κ2) is 6.40. The zero-order valence-electron chi connectivity index (χ0n) is 14.1. The Hall–Kier alpha value is -1.14. The first kappa shape index (κ1) is 16.7. The quantitative estimate of drug-likeness (QED) is 0.822. The van der Waals surface area contributed by atoms with Gasteiger partial charge in [-0.3, -0.25) is 4.79 Å². The number of aromatic nitrogens is 1. The Balaban J connectivity index is 1.78. The lowest BCUT2D eigenvalue weighted by Gasteiger charge is -2.22. The Labute approximate surface area is 138 Å². The summed E-state index contributed by atoms with van der Waals surface area (Å²) in [4.78, 5) is 14.1. The molecule has 0 aromatic carbocycles. The second-order valence-electron chi connectivity index (χ2n) is 7.12. The monoisotopic (exact) mass is 339 g/mol. The summed E-state index contributed by atoms with van der Waals surface area (Å²) in [6.45, 7) is 6.67. The Morgan fingerprint density at radius 3 is 2.57 bits per heavy atom. The van der Waals surface area contributed by atoms with Crippen molar-refractivity contribution in [3.63, 3.8) is 0 Å². The van der Waals surface area contributed by atoms with Gasteiger partial charge in [0.25, 0.3) is 0 Å². The normalized spacial score (nSPS) is 24.9. The molecule has 0 spiro atoms. The minimum Gasteiger partial charge on any atom is -0.344 e. The number of aryl methyl sites for hydroxylation is 1. The predicted octanol–water partition coefficient (Wildman–Crippen LogP) is 0.716. The van der Waals surface area contributed by atoms with Crippen LogP contribution in [0.25, 0.3) is 0 Å². The lowest BCUT2D eigenvalue weighted by atomic mass is 10.1. The zero-order chi connectivity index (χ0) is 16.6. The fourth-order valence-corrected chi connectivity index (χ4v) is 5.85. The maximum atomic E-state index is 12.7. The average molecular weight is 339 g/mol. The molecule has 1 N–H and O–H groups in total. The van der Waals surface area contributed by atoms with Crippen LogP contribution >= 0.6 is 0 Å². The minimum absolute atomic E-state index is 0.0103. The first-order chi connectivity index (χ1) is 10.9. The molecule has 0 amide bonds. The molecule has 2 aliphatic rings. The van der Waals surface area contributed by atoms with Crippen molar-refractivity contribution in [1.29, 1.82) is 0 Å². The molecule has 2 fully saturated rings. The smallest absolute Gasteiger partial charge is 0.218 e. The van der Waals surface area contributed by atoms with E-state index in [-0.39, 0.29) is 23.3 Å². The van der Waals surface area contributed by atoms with E-state index < -0.39 is 9.84 Å². The molecule has 0 saturated carbocycles. The molecule has 128 valence electrons. The van der Waals surface area contributed by atoms with Crippen molar-refractivity contribution in [2.45, 2.75) is 45.6 Å². The number of Topliss-reactive ketones (excluding diaryl/α,β-unsaturated/α-hetero) is 1. The summed E-state index contributed by atoms with van der Waals surface area (Å²) >= 11 is 0. The lowest BCUT2D eigenvalue weighted by Crippen LogP contribution is -3.13. The Morgan fingerprint density at radius 1 is 1.26 bits per heavy atom. The van der Waals surface area contributed by atoms with Crippen LogP contribution in [0.15, 0.2) is 6.07 Å². The molecular formula is C17H27N2O3S+. The Bertz CT molecular complexity index is 700. The highest BCUT2D eigenvalue weighted by Crippen LogP contribution is 2.29. The molecule has 1 aromatic rings. The molecule has 1 atom stereocenters. The maximum absolute atomic E-state index is 12.7. The summed E-state index contributed by atoms with van der Waals surface area (Å²) in [6, 6.07) is 1.94. The third kappa shape index (κ3) is 3.53. The molecule has 3 rings (SSSR count). The number of ketones is 1. The first-order valence-corrected chi connectivity index (χ1v) is 10.4. The third-order valence-corrected chi connectivity index (χ3v) is 7.08. The minimum atomic E-state index is -2.92. The van der Waals surface area contributed by atoms with Crippen LogP contribution in [0, 0.1) is 13.8 Å². The van der Waals surface area contributed by atoms with Gasteiger partial charge in [0.15, 0.2) is 9.84 Å². The number of piperidine rings is 1. The van der Waals surface area contributed by atoms with E-state index in [2.05, 4.69) is 4.57 Å². The van der Waals surface area contributed by atoms with Crippen molar-refractivity contribution in [1.82, 2.24) is 4.57 Å². The second-order valence-corrected chi connectivity index (χ2v) is 9.35. The number of nitrogens with one attached hydrogen (secondary N) is 1. The fourth-order valence-electron chi connectivity index (χ4n) is 4.15. The van der Waals surface area contributed by atoms with Crippen molar-refractivity contribution < 1.29 is 18.1 Å². The Morgan fingerprint density at radius 2 is 1.96 bits per heavy atom. The number of likely N-dealkylation sites (tertiary alicyclic amines) is 1. The van der Waals surface area contributed by atoms with Crippen LogP contribution in [0.2, 0.25) is 0 Å². The number of sulfone groups is 1. The van der Waals surface area contributed by atoms with Gasteiger partial charge >= 0.3 is 0 Å². The number of hydrogen-bond donors (Lipinski definition) is 1. The fraction of sp³-hybridized carbons (Fsp3) is 0.706.